The van der Waals surface area contributed by atoms with E-state index in [0.717, 1.165) is 30.3 Å². The molecule has 2 atom stereocenters. The monoisotopic (exact) mass is 415 g/mol. The molecule has 1 saturated heterocycles. The zero-order valence-corrected chi connectivity index (χ0v) is 16.2. The van der Waals surface area contributed by atoms with Crippen molar-refractivity contribution < 1.29 is 4.74 Å². The minimum absolute atomic E-state index is 0.249. The van der Waals surface area contributed by atoms with E-state index in [9.17, 15) is 0 Å². The predicted octanol–water partition coefficient (Wildman–Crippen LogP) is 4.59. The van der Waals surface area contributed by atoms with Crippen LogP contribution in [-0.2, 0) is 4.74 Å². The number of halogens is 3. The molecule has 0 saturated carbocycles. The standard InChI is InChI=1S/C17H16Cl3N3OS/c18-12-7-6-11(13(19)14(12)20)15-17(24-15,8-22-16(25)23-9-21)10-4-2-1-3-5-10/h2,4-7,9,15H,1,3,8H2,(H3,21,22,23,25)/t15-,17-/m1/s1. The van der Waals surface area contributed by atoms with Crippen LogP contribution in [0.2, 0.25) is 15.1 Å². The number of rotatable bonds is 4. The Kier molecular flexibility index (Phi) is 5.71. The van der Waals surface area contributed by atoms with Gasteiger partial charge in [0.25, 0.3) is 0 Å². The Balaban J connectivity index is 1.90. The predicted molar refractivity (Wildman–Crippen MR) is 108 cm³/mol. The van der Waals surface area contributed by atoms with E-state index in [-0.39, 0.29) is 6.10 Å². The summed E-state index contributed by atoms with van der Waals surface area (Å²) in [6, 6.07) is 3.56. The number of nitrogens with one attached hydrogen (secondary N) is 1. The summed E-state index contributed by atoms with van der Waals surface area (Å²) in [5, 5.41) is 4.53. The quantitative estimate of drug-likeness (QED) is 0.248. The number of allylic oxidation sites excluding steroid dienone is 2. The Morgan fingerprint density at radius 1 is 1.36 bits per heavy atom. The lowest BCUT2D eigenvalue weighted by molar-refractivity contribution is 0.323. The highest BCUT2D eigenvalue weighted by atomic mass is 35.5. The van der Waals surface area contributed by atoms with Crippen molar-refractivity contribution in [3.05, 3.63) is 56.6 Å². The minimum atomic E-state index is -0.577. The Hall–Kier alpha value is -1.11. The lowest BCUT2D eigenvalue weighted by Gasteiger charge is -2.18. The molecule has 0 bridgehead atoms. The number of epoxide rings is 1. The topological polar surface area (TPSA) is 62.9 Å². The summed E-state index contributed by atoms with van der Waals surface area (Å²) in [7, 11) is 0. The second-order valence-electron chi connectivity index (χ2n) is 5.73. The van der Waals surface area contributed by atoms with Crippen molar-refractivity contribution >= 4 is 58.5 Å². The van der Waals surface area contributed by atoms with E-state index in [1.807, 2.05) is 6.07 Å². The van der Waals surface area contributed by atoms with Crippen LogP contribution in [-0.4, -0.2) is 23.6 Å². The molecule has 1 aromatic rings. The average molecular weight is 417 g/mol. The van der Waals surface area contributed by atoms with E-state index >= 15 is 0 Å². The summed E-state index contributed by atoms with van der Waals surface area (Å²) in [6.45, 7) is 0.445. The van der Waals surface area contributed by atoms with Crippen LogP contribution in [0.1, 0.15) is 24.5 Å². The fourth-order valence-corrected chi connectivity index (χ4v) is 3.71. The molecule has 4 nitrogen and oxygen atoms in total. The largest absolute Gasteiger partial charge is 0.390 e. The van der Waals surface area contributed by atoms with Crippen LogP contribution in [0.25, 0.3) is 0 Å². The number of nitrogens with two attached hydrogens (primary N) is 1. The van der Waals surface area contributed by atoms with E-state index in [1.54, 1.807) is 6.07 Å². The van der Waals surface area contributed by atoms with Gasteiger partial charge in [0.05, 0.1) is 28.0 Å². The van der Waals surface area contributed by atoms with E-state index in [1.165, 1.54) is 0 Å². The number of nitrogens with zero attached hydrogens (tertiary/aromatic N) is 1. The Morgan fingerprint density at radius 2 is 2.16 bits per heavy atom. The molecule has 1 aromatic carbocycles. The van der Waals surface area contributed by atoms with Crippen LogP contribution in [0.5, 0.6) is 0 Å². The summed E-state index contributed by atoms with van der Waals surface area (Å²) in [5.74, 6) is 0. The van der Waals surface area contributed by atoms with Gasteiger partial charge in [-0.1, -0.05) is 59.1 Å². The lowest BCUT2D eigenvalue weighted by atomic mass is 9.88. The third-order valence-electron chi connectivity index (χ3n) is 4.22. The molecule has 3 N–H and O–H groups in total. The molecule has 132 valence electrons. The number of hydrogen-bond acceptors (Lipinski definition) is 2. The van der Waals surface area contributed by atoms with Crippen LogP contribution in [0, 0.1) is 0 Å². The Bertz CT molecular complexity index is 794. The number of thiocarbonyl (C=S) groups is 1. The van der Waals surface area contributed by atoms with Gasteiger partial charge in [-0.05, 0) is 36.7 Å². The van der Waals surface area contributed by atoms with Gasteiger partial charge in [-0.25, -0.2) is 4.99 Å². The van der Waals surface area contributed by atoms with E-state index in [0.29, 0.717) is 26.7 Å². The van der Waals surface area contributed by atoms with Gasteiger partial charge in [0.1, 0.15) is 11.7 Å². The summed E-state index contributed by atoms with van der Waals surface area (Å²) < 4.78 is 6.12. The molecule has 0 aromatic heterocycles. The summed E-state index contributed by atoms with van der Waals surface area (Å²) in [5.41, 5.74) is 6.58. The maximum atomic E-state index is 6.39. The van der Waals surface area contributed by atoms with Gasteiger partial charge < -0.3 is 15.8 Å². The fraction of sp³-hybridized carbons (Fsp3) is 0.294. The molecule has 1 heterocycles. The molecule has 1 aliphatic heterocycles. The molecule has 2 aliphatic rings. The van der Waals surface area contributed by atoms with E-state index in [2.05, 4.69) is 28.5 Å². The first-order valence-electron chi connectivity index (χ1n) is 7.70. The highest BCUT2D eigenvalue weighted by Gasteiger charge is 2.59. The molecule has 0 radical (unpaired) electrons. The first-order valence-corrected chi connectivity index (χ1v) is 9.24. The van der Waals surface area contributed by atoms with Crippen molar-refractivity contribution in [2.75, 3.05) is 6.54 Å². The van der Waals surface area contributed by atoms with Crippen LogP contribution in [0.4, 0.5) is 0 Å². The first kappa shape index (κ1) is 18.7. The third kappa shape index (κ3) is 3.71. The Morgan fingerprint density at radius 3 is 2.84 bits per heavy atom. The van der Waals surface area contributed by atoms with Gasteiger partial charge in [0, 0.05) is 5.56 Å². The second kappa shape index (κ2) is 7.64. The van der Waals surface area contributed by atoms with Gasteiger partial charge in [-0.2, -0.15) is 0 Å². The van der Waals surface area contributed by atoms with Crippen molar-refractivity contribution in [1.82, 2.24) is 5.32 Å². The molecule has 0 unspecified atom stereocenters. The normalized spacial score (nSPS) is 25.1. The Labute approximate surface area is 166 Å². The third-order valence-corrected chi connectivity index (χ3v) is 5.78. The van der Waals surface area contributed by atoms with Gasteiger partial charge in [0.2, 0.25) is 0 Å². The molecule has 8 heteroatoms. The molecule has 1 fully saturated rings. The highest BCUT2D eigenvalue weighted by Crippen LogP contribution is 2.57. The van der Waals surface area contributed by atoms with E-state index < -0.39 is 5.60 Å². The van der Waals surface area contributed by atoms with Crippen molar-refractivity contribution in [3.63, 3.8) is 0 Å². The highest BCUT2D eigenvalue weighted by molar-refractivity contribution is 7.80. The lowest BCUT2D eigenvalue weighted by Crippen LogP contribution is -2.34. The van der Waals surface area contributed by atoms with Gasteiger partial charge in [0.15, 0.2) is 5.11 Å². The molecule has 1 aliphatic carbocycles. The number of benzene rings is 1. The number of aliphatic imine (C=N–C) groups is 1. The molecule has 3 rings (SSSR count). The smallest absolute Gasteiger partial charge is 0.194 e. The van der Waals surface area contributed by atoms with Crippen LogP contribution in [0.15, 0.2) is 40.9 Å². The summed E-state index contributed by atoms with van der Waals surface area (Å²) >= 11 is 23.7. The molecule has 25 heavy (non-hydrogen) atoms. The second-order valence-corrected chi connectivity index (χ2v) is 7.28. The first-order chi connectivity index (χ1) is 12.0. The maximum absolute atomic E-state index is 6.39. The molecular formula is C17H16Cl3N3OS. The zero-order chi connectivity index (χ0) is 18.0. The maximum Gasteiger partial charge on any atom is 0.194 e. The van der Waals surface area contributed by atoms with Crippen LogP contribution >= 0.6 is 47.0 Å². The zero-order valence-electron chi connectivity index (χ0n) is 13.1. The van der Waals surface area contributed by atoms with Crippen molar-refractivity contribution in [2.45, 2.75) is 24.5 Å². The molecule has 0 amide bonds. The molecule has 0 spiro atoms. The number of ether oxygens (including phenoxy) is 1. The van der Waals surface area contributed by atoms with Crippen LogP contribution in [0.3, 0.4) is 0 Å². The van der Waals surface area contributed by atoms with Gasteiger partial charge in [-0.3, -0.25) is 0 Å². The summed E-state index contributed by atoms with van der Waals surface area (Å²) in [6.07, 6.45) is 9.26. The van der Waals surface area contributed by atoms with Gasteiger partial charge >= 0.3 is 0 Å². The van der Waals surface area contributed by atoms with Gasteiger partial charge in [-0.15, -0.1) is 0 Å². The van der Waals surface area contributed by atoms with Crippen molar-refractivity contribution in [1.29, 1.82) is 0 Å². The number of hydrogen-bond donors (Lipinski definition) is 2. The van der Waals surface area contributed by atoms with Crippen LogP contribution < -0.4 is 11.1 Å². The van der Waals surface area contributed by atoms with Crippen molar-refractivity contribution in [2.24, 2.45) is 10.7 Å². The SMILES string of the molecule is N/C=N\C(=S)NC[C@]1(C2=CCCC=C2)O[C@@H]1c1ccc(Cl)c(Cl)c1Cl. The van der Waals surface area contributed by atoms with Crippen molar-refractivity contribution in [3.8, 4) is 0 Å². The average Bonchev–Trinajstić information content (AvgIpc) is 3.35. The fourth-order valence-electron chi connectivity index (χ4n) is 2.94. The summed E-state index contributed by atoms with van der Waals surface area (Å²) in [4.78, 5) is 3.86. The van der Waals surface area contributed by atoms with E-state index in [4.69, 9.17) is 57.5 Å². The minimum Gasteiger partial charge on any atom is -0.390 e. The molecular weight excluding hydrogens is 401 g/mol.